The Morgan fingerprint density at radius 3 is 1.97 bits per heavy atom. The topological polar surface area (TPSA) is 201 Å². The van der Waals surface area contributed by atoms with Crippen molar-refractivity contribution in [1.82, 2.24) is 25.8 Å². The van der Waals surface area contributed by atoms with Gasteiger partial charge in [0.15, 0.2) is 6.10 Å². The molecule has 1 aliphatic rings. The maximum Gasteiger partial charge on any atom is 0.334 e. The van der Waals surface area contributed by atoms with Gasteiger partial charge >= 0.3 is 11.9 Å². The Bertz CT molecular complexity index is 1690. The van der Waals surface area contributed by atoms with Crippen LogP contribution in [0.25, 0.3) is 0 Å². The number of aliphatic hydroxyl groups is 1. The molecule has 4 N–H and O–H groups in total. The minimum Gasteiger partial charge on any atom is -0.460 e. The lowest BCUT2D eigenvalue weighted by atomic mass is 9.86. The molecule has 2 rings (SSSR count). The van der Waals surface area contributed by atoms with Crippen LogP contribution in [0.3, 0.4) is 0 Å². The van der Waals surface area contributed by atoms with Crippen LogP contribution in [0.2, 0.25) is 5.02 Å². The summed E-state index contributed by atoms with van der Waals surface area (Å²) in [5.74, 6) is -5.99. The minimum atomic E-state index is -1.27. The molecule has 5 amide bonds. The largest absolute Gasteiger partial charge is 0.460 e. The van der Waals surface area contributed by atoms with Crippen LogP contribution in [0, 0.1) is 23.7 Å². The normalized spacial score (nSPS) is 28.8. The van der Waals surface area contributed by atoms with E-state index in [1.807, 2.05) is 34.6 Å². The van der Waals surface area contributed by atoms with Crippen molar-refractivity contribution >= 4 is 53.1 Å². The van der Waals surface area contributed by atoms with Crippen molar-refractivity contribution in [2.24, 2.45) is 23.7 Å². The van der Waals surface area contributed by atoms with Crippen molar-refractivity contribution in [1.29, 1.82) is 0 Å². The molecule has 0 radical (unpaired) electrons. The van der Waals surface area contributed by atoms with Gasteiger partial charge in [0.25, 0.3) is 5.91 Å². The van der Waals surface area contributed by atoms with Crippen LogP contribution in [0.1, 0.15) is 100 Å². The molecular weight excluding hydrogens is 794 g/mol. The minimum absolute atomic E-state index is 0.000825. The Hall–Kier alpha value is -4.50. The van der Waals surface area contributed by atoms with E-state index in [9.17, 15) is 38.7 Å². The van der Waals surface area contributed by atoms with Crippen LogP contribution in [-0.4, -0.2) is 120 Å². The smallest absolute Gasteiger partial charge is 0.334 e. The molecule has 10 atom stereocenters. The number of carbonyl (C=O) groups is 7. The van der Waals surface area contributed by atoms with E-state index < -0.39 is 96.4 Å². The summed E-state index contributed by atoms with van der Waals surface area (Å²) in [4.78, 5) is 98.2. The highest BCUT2D eigenvalue weighted by Gasteiger charge is 2.37. The lowest BCUT2D eigenvalue weighted by Gasteiger charge is -2.33. The standard InChI is InChI=1S/C44H68ClN5O10/c1-13-25(5)37-40(54)47-30(10)44(58)60-38(26(6)14-2)28(8)34(51)20-15-27(7)43(57)59-35(21-24(3)4)39(53)46-29(9)41(55)50(12)33(22-31-16-18-32(45)19-17-31)42(56)49(11)23-36(52)48-37/h15-19,24-26,28-30,33-35,37-38,51H,13-14,20-23H2,1-12H3,(H,46,53)(H,47,54)(H,48,52)/b27-15+/t25?,26-,28-,29-,30+,33+,34-,35+,37-,38+/m0/s1. The van der Waals surface area contributed by atoms with Crippen LogP contribution >= 0.6 is 11.6 Å². The third kappa shape index (κ3) is 15.2. The number of nitrogens with zero attached hydrogens (tertiary/aromatic N) is 2. The van der Waals surface area contributed by atoms with E-state index in [0.717, 1.165) is 4.90 Å². The third-order valence-corrected chi connectivity index (χ3v) is 11.5. The summed E-state index contributed by atoms with van der Waals surface area (Å²) in [5, 5.41) is 19.8. The highest BCUT2D eigenvalue weighted by atomic mass is 35.5. The molecule has 0 bridgehead atoms. The van der Waals surface area contributed by atoms with Gasteiger partial charge in [0, 0.05) is 37.0 Å². The van der Waals surface area contributed by atoms with Crippen LogP contribution < -0.4 is 16.0 Å². The van der Waals surface area contributed by atoms with E-state index in [4.69, 9.17) is 21.1 Å². The van der Waals surface area contributed by atoms with Gasteiger partial charge in [-0.25, -0.2) is 9.59 Å². The molecule has 15 nitrogen and oxygen atoms in total. The first-order chi connectivity index (χ1) is 28.0. The average molecular weight is 863 g/mol. The van der Waals surface area contributed by atoms with Gasteiger partial charge in [-0.3, -0.25) is 24.0 Å². The lowest BCUT2D eigenvalue weighted by Crippen LogP contribution is -2.57. The predicted octanol–water partition coefficient (Wildman–Crippen LogP) is 3.97. The molecule has 60 heavy (non-hydrogen) atoms. The molecule has 0 aliphatic carbocycles. The number of nitrogens with one attached hydrogen (secondary N) is 3. The Balaban J connectivity index is 2.62. The van der Waals surface area contributed by atoms with E-state index in [1.54, 1.807) is 38.1 Å². The molecule has 16 heteroatoms. The van der Waals surface area contributed by atoms with Crippen molar-refractivity contribution in [3.8, 4) is 0 Å². The van der Waals surface area contributed by atoms with Gasteiger partial charge in [0.05, 0.1) is 12.6 Å². The number of cyclic esters (lactones) is 2. The maximum absolute atomic E-state index is 14.2. The molecule has 0 spiro atoms. The van der Waals surface area contributed by atoms with Crippen LogP contribution in [0.5, 0.6) is 0 Å². The molecule has 0 aromatic heterocycles. The number of aliphatic hydroxyl groups excluding tert-OH is 1. The summed E-state index contributed by atoms with van der Waals surface area (Å²) in [6.45, 7) is 16.8. The molecule has 1 heterocycles. The molecule has 0 fully saturated rings. The monoisotopic (exact) mass is 861 g/mol. The first-order valence-corrected chi connectivity index (χ1v) is 21.3. The van der Waals surface area contributed by atoms with Gasteiger partial charge in [-0.15, -0.1) is 0 Å². The molecular formula is C44H68ClN5O10. The second-order valence-electron chi connectivity index (χ2n) is 16.7. The molecule has 0 saturated heterocycles. The van der Waals surface area contributed by atoms with E-state index in [1.165, 1.54) is 45.8 Å². The van der Waals surface area contributed by atoms with Crippen molar-refractivity contribution in [2.45, 2.75) is 144 Å². The summed E-state index contributed by atoms with van der Waals surface area (Å²) in [7, 11) is 2.82. The maximum atomic E-state index is 14.2. The number of carbonyl (C=O) groups excluding carboxylic acids is 7. The Morgan fingerprint density at radius 1 is 0.817 bits per heavy atom. The molecule has 1 aliphatic heterocycles. The van der Waals surface area contributed by atoms with Crippen LogP contribution in [-0.2, 0) is 49.5 Å². The SMILES string of the molecule is CCC(C)[C@@H]1NC(=O)CN(C)C(=O)[C@@H](Cc2ccc(Cl)cc2)N(C)C(=O)[C@H](C)NC(=O)[C@@H](CC(C)C)OC(=O)/C(C)=C/C[C@H](O)[C@H](C)[C@@H]([C@@H](C)CC)OC(=O)[C@@H](C)NC1=O. The van der Waals surface area contributed by atoms with Crippen LogP contribution in [0.4, 0.5) is 0 Å². The van der Waals surface area contributed by atoms with Gasteiger partial charge in [-0.1, -0.05) is 91.1 Å². The summed E-state index contributed by atoms with van der Waals surface area (Å²) >= 11 is 6.11. The van der Waals surface area contributed by atoms with Crippen LogP contribution in [0.15, 0.2) is 35.9 Å². The van der Waals surface area contributed by atoms with Crippen molar-refractivity contribution in [3.63, 3.8) is 0 Å². The number of rotatable bonds is 8. The summed E-state index contributed by atoms with van der Waals surface area (Å²) in [6, 6.07) is 2.19. The zero-order valence-corrected chi connectivity index (χ0v) is 38.1. The first-order valence-electron chi connectivity index (χ1n) is 20.9. The Labute approximate surface area is 360 Å². The van der Waals surface area contributed by atoms with Crippen molar-refractivity contribution in [2.75, 3.05) is 20.6 Å². The van der Waals surface area contributed by atoms with Crippen molar-refractivity contribution < 1.29 is 48.1 Å². The number of halogens is 1. The zero-order valence-electron chi connectivity index (χ0n) is 37.4. The van der Waals surface area contributed by atoms with E-state index >= 15 is 0 Å². The fourth-order valence-electron chi connectivity index (χ4n) is 6.78. The highest BCUT2D eigenvalue weighted by Crippen LogP contribution is 2.26. The third-order valence-electron chi connectivity index (χ3n) is 11.2. The van der Waals surface area contributed by atoms with E-state index in [-0.39, 0.29) is 42.6 Å². The lowest BCUT2D eigenvalue weighted by molar-refractivity contribution is -0.161. The fraction of sp³-hybridized carbons (Fsp3) is 0.659. The van der Waals surface area contributed by atoms with E-state index in [2.05, 4.69) is 16.0 Å². The number of amides is 5. The second-order valence-corrected chi connectivity index (χ2v) is 17.2. The van der Waals surface area contributed by atoms with Gasteiger partial charge in [0.1, 0.15) is 30.3 Å². The zero-order chi connectivity index (χ0) is 45.6. The highest BCUT2D eigenvalue weighted by molar-refractivity contribution is 6.30. The Morgan fingerprint density at radius 2 is 1.40 bits per heavy atom. The van der Waals surface area contributed by atoms with Gasteiger partial charge in [0.2, 0.25) is 23.6 Å². The van der Waals surface area contributed by atoms with Crippen molar-refractivity contribution in [3.05, 3.63) is 46.5 Å². The number of ether oxygens (including phenoxy) is 2. The molecule has 1 unspecified atom stereocenters. The number of benzene rings is 1. The van der Waals surface area contributed by atoms with Gasteiger partial charge in [-0.2, -0.15) is 0 Å². The first kappa shape index (κ1) is 51.6. The number of hydrogen-bond donors (Lipinski definition) is 4. The molecule has 1 aromatic rings. The summed E-state index contributed by atoms with van der Waals surface area (Å²) < 4.78 is 11.6. The van der Waals surface area contributed by atoms with Gasteiger partial charge < -0.3 is 40.3 Å². The summed E-state index contributed by atoms with van der Waals surface area (Å²) in [6.07, 6.45) is -0.318. The van der Waals surface area contributed by atoms with E-state index in [0.29, 0.717) is 23.4 Å². The molecule has 0 saturated carbocycles. The molecule has 336 valence electrons. The van der Waals surface area contributed by atoms with Gasteiger partial charge in [-0.05, 0) is 69.1 Å². The number of esters is 2. The summed E-state index contributed by atoms with van der Waals surface area (Å²) in [5.41, 5.74) is 0.801. The predicted molar refractivity (Wildman–Crippen MR) is 228 cm³/mol. The molecule has 1 aromatic carbocycles. The fourth-order valence-corrected chi connectivity index (χ4v) is 6.90. The quantitative estimate of drug-likeness (QED) is 0.278. The number of likely N-dealkylation sites (N-methyl/N-ethyl adjacent to an activating group) is 2. The number of hydrogen-bond acceptors (Lipinski definition) is 10. The second kappa shape index (κ2) is 24.1. The average Bonchev–Trinajstić information content (AvgIpc) is 3.20. The Kier molecular flexibility index (Phi) is 20.7.